The van der Waals surface area contributed by atoms with Gasteiger partial charge in [-0.05, 0) is 156 Å². The first-order valence-corrected chi connectivity index (χ1v) is 25.4. The fourth-order valence-electron chi connectivity index (χ4n) is 10.0. The van der Waals surface area contributed by atoms with Gasteiger partial charge in [-0.15, -0.1) is 33.1 Å². The number of aryl methyl sites for hydroxylation is 6. The Bertz CT molecular complexity index is 3590. The summed E-state index contributed by atoms with van der Waals surface area (Å²) in [4.78, 5) is 32.2. The molecule has 0 saturated carbocycles. The average Bonchev–Trinajstić information content (AvgIpc) is 4.15. The van der Waals surface area contributed by atoms with Crippen molar-refractivity contribution >= 4 is 57.0 Å². The normalized spacial score (nSPS) is 12.1. The van der Waals surface area contributed by atoms with E-state index in [9.17, 15) is 0 Å². The summed E-state index contributed by atoms with van der Waals surface area (Å²) < 4.78 is 14.0. The molecule has 1 aliphatic heterocycles. The van der Waals surface area contributed by atoms with Gasteiger partial charge in [0.05, 0.1) is 5.69 Å². The third-order valence-corrected chi connectivity index (χ3v) is 13.9. The molecule has 4 aromatic carbocycles. The Balaban J connectivity index is 0.00000640. The molecule has 0 saturated heterocycles. The molecule has 0 aliphatic carbocycles. The number of fused-ring (bicyclic) bond motifs is 9. The minimum Gasteiger partial charge on any atom is -0.657 e. The van der Waals surface area contributed by atoms with E-state index in [0.29, 0.717) is 50.6 Å². The summed E-state index contributed by atoms with van der Waals surface area (Å²) >= 11 is 1.42. The number of aromatic nitrogens is 6. The van der Waals surface area contributed by atoms with Gasteiger partial charge in [-0.2, -0.15) is 9.97 Å². The van der Waals surface area contributed by atoms with Gasteiger partial charge in [0.15, 0.2) is 5.16 Å². The molecule has 8 bridgehead atoms. The van der Waals surface area contributed by atoms with Crippen LogP contribution in [0.5, 0.6) is 23.3 Å². The number of thioether (sulfide) groups is 1. The molecule has 0 N–H and O–H groups in total. The molecule has 0 amide bonds. The first-order valence-electron chi connectivity index (χ1n) is 24.2. The number of ether oxygens (including phenoxy) is 2. The summed E-state index contributed by atoms with van der Waals surface area (Å²) in [5, 5.41) is 0.486. The van der Waals surface area contributed by atoms with Crippen LogP contribution in [-0.2, 0) is 27.9 Å². The van der Waals surface area contributed by atoms with E-state index in [1.165, 1.54) is 34.0 Å². The summed E-state index contributed by atoms with van der Waals surface area (Å²) in [6, 6.07) is 37.8. The Morgan fingerprint density at radius 2 is 0.750 bits per heavy atom. The van der Waals surface area contributed by atoms with E-state index in [2.05, 4.69) is 180 Å². The summed E-state index contributed by atoms with van der Waals surface area (Å²) in [6.45, 7) is 26.1. The van der Waals surface area contributed by atoms with Gasteiger partial charge in [0.2, 0.25) is 11.8 Å². The van der Waals surface area contributed by atoms with Crippen LogP contribution in [0.1, 0.15) is 97.4 Å². The second-order valence-corrected chi connectivity index (χ2v) is 21.8. The van der Waals surface area contributed by atoms with Crippen LogP contribution < -0.4 is 24.4 Å². The molecule has 8 nitrogen and oxygen atoms in total. The van der Waals surface area contributed by atoms with Crippen LogP contribution in [0.15, 0.2) is 114 Å². The number of hydrogen-bond donors (Lipinski definition) is 0. The summed E-state index contributed by atoms with van der Waals surface area (Å²) in [5.41, 5.74) is 20.4. The van der Waals surface area contributed by atoms with Gasteiger partial charge in [-0.3, -0.25) is 0 Å². The Labute approximate surface area is 438 Å². The Morgan fingerprint density at radius 1 is 0.403 bits per heavy atom. The largest absolute Gasteiger partial charge is 0.657 e. The number of nitrogens with zero attached hydrogens (tertiary/aromatic N) is 6. The molecule has 10 rings (SSSR count). The number of rotatable bonds is 8. The van der Waals surface area contributed by atoms with E-state index in [0.717, 1.165) is 78.0 Å². The summed E-state index contributed by atoms with van der Waals surface area (Å²) in [5.74, 6) is 1.86. The Hall–Kier alpha value is -6.84. The van der Waals surface area contributed by atoms with E-state index in [-0.39, 0.29) is 27.9 Å². The standard InChI is InChI=1S/C62H59N6O2S.Cu/c1-34-30-36(3)52(37(4)31-34)54-46-24-22-44(63-46)45-23-25-47(64-45)55(53-38(5)32-35(2)33-39(53)6)49-27-29-51(66-49)56(50-28-26-48(54)65-50)57-58(69-42-18-14-40(15-19-42)61(7,8)9)67-60(71-13)68-59(57)70-43-20-16-41(17-21-43)62(10,11)12;/h14-33H,1-13H3;/q-3;. The predicted molar refractivity (Wildman–Crippen MR) is 295 cm³/mol. The van der Waals surface area contributed by atoms with Crippen molar-refractivity contribution < 1.29 is 26.5 Å². The molecule has 6 heterocycles. The first-order chi connectivity index (χ1) is 33.8. The van der Waals surface area contributed by atoms with Crippen LogP contribution in [0.25, 0.3) is 78.6 Å². The molecule has 369 valence electrons. The fraction of sp³-hybridized carbons (Fsp3) is 0.242. The fourth-order valence-corrected chi connectivity index (χ4v) is 10.4. The molecule has 0 unspecified atom stereocenters. The zero-order chi connectivity index (χ0) is 50.1. The Kier molecular flexibility index (Phi) is 13.4. The van der Waals surface area contributed by atoms with Crippen molar-refractivity contribution in [2.45, 2.75) is 99.1 Å². The molecule has 0 atom stereocenters. The van der Waals surface area contributed by atoms with Gasteiger partial charge in [0.25, 0.3) is 0 Å². The number of benzene rings is 4. The van der Waals surface area contributed by atoms with E-state index in [1.54, 1.807) is 0 Å². The van der Waals surface area contributed by atoms with Crippen LogP contribution in [0.4, 0.5) is 0 Å². The molecule has 0 spiro atoms. The maximum absolute atomic E-state index is 6.99. The third kappa shape index (κ3) is 9.63. The molecule has 5 aromatic heterocycles. The van der Waals surface area contributed by atoms with Gasteiger partial charge in [-0.1, -0.05) is 149 Å². The smallest absolute Gasteiger partial charge is 0.235 e. The third-order valence-electron chi connectivity index (χ3n) is 13.3. The minimum atomic E-state index is -0.0487. The SMILES string of the molecule is CSc1nc(Oc2ccc(C(C)(C)C)cc2)c(-c2c3ccc([n-]3)c(-c3c(C)cc(C)cc3C)c3nc(c4ccc([n-]4)c(-c4c(C)cc(C)cc4C)c4ccc2[n-]4)C=C3)c(Oc2ccc(C(C)(C)C)cc2)n1.[Cu]. The number of hydrogen-bond acceptors (Lipinski definition) is 6. The van der Waals surface area contributed by atoms with Crippen molar-refractivity contribution in [2.24, 2.45) is 0 Å². The van der Waals surface area contributed by atoms with Gasteiger partial charge < -0.3 is 24.4 Å². The van der Waals surface area contributed by atoms with Gasteiger partial charge >= 0.3 is 0 Å². The summed E-state index contributed by atoms with van der Waals surface area (Å²) in [6.07, 6.45) is 6.11. The monoisotopic (exact) mass is 1010 g/mol. The van der Waals surface area contributed by atoms with Gasteiger partial charge in [0, 0.05) is 22.8 Å². The van der Waals surface area contributed by atoms with Crippen molar-refractivity contribution in [3.63, 3.8) is 0 Å². The van der Waals surface area contributed by atoms with Crippen molar-refractivity contribution in [3.8, 4) is 56.6 Å². The van der Waals surface area contributed by atoms with Crippen LogP contribution in [0.3, 0.4) is 0 Å². The zero-order valence-corrected chi connectivity index (χ0v) is 45.0. The second kappa shape index (κ2) is 19.3. The second-order valence-electron chi connectivity index (χ2n) is 21.0. The molecule has 10 heteroatoms. The maximum Gasteiger partial charge on any atom is 0.235 e. The quantitative estimate of drug-likeness (QED) is 0.0837. The van der Waals surface area contributed by atoms with Crippen LogP contribution in [-0.4, -0.2) is 21.2 Å². The van der Waals surface area contributed by atoms with Crippen LogP contribution in [0, 0.1) is 41.5 Å². The molecule has 9 aromatic rings. The van der Waals surface area contributed by atoms with Crippen molar-refractivity contribution in [3.05, 3.63) is 165 Å². The van der Waals surface area contributed by atoms with Gasteiger partial charge in [0.1, 0.15) is 17.1 Å². The predicted octanol–water partition coefficient (Wildman–Crippen LogP) is 16.1. The molecule has 0 fully saturated rings. The molecule has 1 radical (unpaired) electrons. The molecular weight excluding hydrogens is 956 g/mol. The van der Waals surface area contributed by atoms with Crippen LogP contribution in [0.2, 0.25) is 0 Å². The molecule has 72 heavy (non-hydrogen) atoms. The van der Waals surface area contributed by atoms with E-state index >= 15 is 0 Å². The zero-order valence-electron chi connectivity index (χ0n) is 43.3. The maximum atomic E-state index is 6.99. The average molecular weight is 1020 g/mol. The van der Waals surface area contributed by atoms with Crippen molar-refractivity contribution in [1.82, 2.24) is 29.9 Å². The molecular formula is C62H59CuN6O2S-3. The van der Waals surface area contributed by atoms with E-state index in [1.807, 2.05) is 30.5 Å². The first kappa shape index (κ1) is 50.1. The minimum absolute atomic E-state index is 0. The molecule has 1 aliphatic rings. The van der Waals surface area contributed by atoms with Crippen molar-refractivity contribution in [2.75, 3.05) is 6.26 Å². The van der Waals surface area contributed by atoms with E-state index in [4.69, 9.17) is 39.4 Å². The topological polar surface area (TPSA) is 99.4 Å². The van der Waals surface area contributed by atoms with Crippen LogP contribution >= 0.6 is 11.8 Å². The van der Waals surface area contributed by atoms with E-state index < -0.39 is 0 Å². The Morgan fingerprint density at radius 3 is 1.15 bits per heavy atom. The van der Waals surface area contributed by atoms with Crippen molar-refractivity contribution in [1.29, 1.82) is 0 Å². The summed E-state index contributed by atoms with van der Waals surface area (Å²) in [7, 11) is 0. The van der Waals surface area contributed by atoms with Gasteiger partial charge in [-0.25, -0.2) is 4.98 Å².